The van der Waals surface area contributed by atoms with Crippen LogP contribution in [0.3, 0.4) is 0 Å². The van der Waals surface area contributed by atoms with Crippen LogP contribution in [-0.2, 0) is 0 Å². The third kappa shape index (κ3) is 3.91. The van der Waals surface area contributed by atoms with E-state index in [1.807, 2.05) is 0 Å². The van der Waals surface area contributed by atoms with Crippen molar-refractivity contribution in [2.24, 2.45) is 5.92 Å². The molecule has 1 aliphatic carbocycles. The summed E-state index contributed by atoms with van der Waals surface area (Å²) in [6.45, 7) is 0.348. The number of carbonyl (C=O) groups is 1. The summed E-state index contributed by atoms with van der Waals surface area (Å²) < 4.78 is 13.2. The molecule has 0 spiro atoms. The largest absolute Gasteiger partial charge is 0.351 e. The maximum atomic E-state index is 13.2. The Kier molecular flexibility index (Phi) is 5.12. The number of amides is 1. The molecule has 1 amide bonds. The Labute approximate surface area is 126 Å². The molecule has 1 aromatic rings. The van der Waals surface area contributed by atoms with Crippen molar-refractivity contribution in [3.8, 4) is 0 Å². The average molecular weight is 315 g/mol. The summed E-state index contributed by atoms with van der Waals surface area (Å²) >= 11 is 6.20. The summed E-state index contributed by atoms with van der Waals surface area (Å²) in [6, 6.07) is 2.84. The van der Waals surface area contributed by atoms with Gasteiger partial charge in [-0.2, -0.15) is 0 Å². The first-order chi connectivity index (χ1) is 9.99. The minimum atomic E-state index is -0.695. The van der Waals surface area contributed by atoms with Crippen LogP contribution in [0.5, 0.6) is 0 Å². The molecule has 1 saturated carbocycles. The number of rotatable bonds is 4. The molecule has 0 bridgehead atoms. The molecule has 1 aliphatic rings. The van der Waals surface area contributed by atoms with Crippen molar-refractivity contribution in [3.63, 3.8) is 0 Å². The highest BCUT2D eigenvalue weighted by Gasteiger charge is 2.25. The van der Waals surface area contributed by atoms with Crippen molar-refractivity contribution in [1.82, 2.24) is 5.32 Å². The number of hydrogen-bond donors (Lipinski definition) is 1. The van der Waals surface area contributed by atoms with Crippen LogP contribution in [0.15, 0.2) is 18.2 Å². The summed E-state index contributed by atoms with van der Waals surface area (Å²) in [4.78, 5) is 22.2. The monoisotopic (exact) mass is 314 g/mol. The van der Waals surface area contributed by atoms with Crippen LogP contribution in [0.2, 0.25) is 0 Å². The van der Waals surface area contributed by atoms with Gasteiger partial charge in [0.05, 0.1) is 4.92 Å². The number of benzene rings is 1. The fraction of sp³-hybridized carbons (Fsp3) is 0.500. The summed E-state index contributed by atoms with van der Waals surface area (Å²) in [5, 5.41) is 13.5. The van der Waals surface area contributed by atoms with Crippen LogP contribution >= 0.6 is 11.6 Å². The number of nitrogens with one attached hydrogen (secondary N) is 1. The third-order valence-electron chi connectivity index (χ3n) is 3.74. The highest BCUT2D eigenvalue weighted by Crippen LogP contribution is 2.28. The number of hydrogen-bond acceptors (Lipinski definition) is 3. The van der Waals surface area contributed by atoms with E-state index in [2.05, 4.69) is 5.32 Å². The van der Waals surface area contributed by atoms with E-state index in [1.54, 1.807) is 0 Å². The molecule has 0 aromatic heterocycles. The Morgan fingerprint density at radius 1 is 1.43 bits per heavy atom. The van der Waals surface area contributed by atoms with Gasteiger partial charge >= 0.3 is 0 Å². The smallest absolute Gasteiger partial charge is 0.282 e. The Hall–Kier alpha value is -1.69. The van der Waals surface area contributed by atoms with Gasteiger partial charge in [-0.05, 0) is 30.9 Å². The zero-order valence-corrected chi connectivity index (χ0v) is 12.1. The highest BCUT2D eigenvalue weighted by molar-refractivity contribution is 6.20. The van der Waals surface area contributed by atoms with Crippen molar-refractivity contribution in [2.45, 2.75) is 31.1 Å². The standard InChI is InChI=1S/C14H16ClFN2O3/c15-12-4-2-1-3-9(12)8-17-14(19)11-7-10(16)5-6-13(11)18(20)21/h5-7,9,12H,1-4,8H2,(H,17,19). The molecule has 114 valence electrons. The van der Waals surface area contributed by atoms with Crippen LogP contribution < -0.4 is 5.32 Å². The molecule has 2 rings (SSSR count). The fourth-order valence-corrected chi connectivity index (χ4v) is 2.93. The first-order valence-electron chi connectivity index (χ1n) is 6.85. The predicted molar refractivity (Wildman–Crippen MR) is 77.0 cm³/mol. The second-order valence-electron chi connectivity index (χ2n) is 5.19. The van der Waals surface area contributed by atoms with Gasteiger partial charge in [-0.15, -0.1) is 11.6 Å². The summed E-state index contributed by atoms with van der Waals surface area (Å²) in [6.07, 6.45) is 3.96. The number of alkyl halides is 1. The highest BCUT2D eigenvalue weighted by atomic mass is 35.5. The molecule has 1 fully saturated rings. The number of carbonyl (C=O) groups excluding carboxylic acids is 1. The first-order valence-corrected chi connectivity index (χ1v) is 7.29. The minimum Gasteiger partial charge on any atom is -0.351 e. The Balaban J connectivity index is 2.06. The van der Waals surface area contributed by atoms with Crippen LogP contribution in [-0.4, -0.2) is 22.8 Å². The maximum Gasteiger partial charge on any atom is 0.282 e. The van der Waals surface area contributed by atoms with E-state index in [-0.39, 0.29) is 16.9 Å². The van der Waals surface area contributed by atoms with Crippen molar-refractivity contribution < 1.29 is 14.1 Å². The van der Waals surface area contributed by atoms with E-state index in [0.29, 0.717) is 6.54 Å². The number of halogens is 2. The predicted octanol–water partition coefficient (Wildman–Crippen LogP) is 3.26. The summed E-state index contributed by atoms with van der Waals surface area (Å²) in [5.74, 6) is -1.17. The van der Waals surface area contributed by atoms with E-state index < -0.39 is 22.3 Å². The van der Waals surface area contributed by atoms with Crippen LogP contribution in [0.25, 0.3) is 0 Å². The first kappa shape index (κ1) is 15.7. The van der Waals surface area contributed by atoms with E-state index >= 15 is 0 Å². The Morgan fingerprint density at radius 2 is 2.14 bits per heavy atom. The molecule has 0 heterocycles. The Bertz CT molecular complexity index is 553. The van der Waals surface area contributed by atoms with Crippen LogP contribution in [0.1, 0.15) is 36.0 Å². The van der Waals surface area contributed by atoms with E-state index in [9.17, 15) is 19.3 Å². The van der Waals surface area contributed by atoms with Gasteiger partial charge in [-0.1, -0.05) is 12.8 Å². The molecular weight excluding hydrogens is 299 g/mol. The van der Waals surface area contributed by atoms with Crippen molar-refractivity contribution >= 4 is 23.2 Å². The van der Waals surface area contributed by atoms with Crippen molar-refractivity contribution in [3.05, 3.63) is 39.7 Å². The lowest BCUT2D eigenvalue weighted by molar-refractivity contribution is -0.385. The molecule has 1 N–H and O–H groups in total. The lowest BCUT2D eigenvalue weighted by Gasteiger charge is -2.27. The van der Waals surface area contributed by atoms with Crippen LogP contribution in [0.4, 0.5) is 10.1 Å². The molecule has 2 unspecified atom stereocenters. The second kappa shape index (κ2) is 6.85. The Morgan fingerprint density at radius 3 is 2.81 bits per heavy atom. The number of nitro groups is 1. The topological polar surface area (TPSA) is 72.2 Å². The van der Waals surface area contributed by atoms with E-state index in [4.69, 9.17) is 11.6 Å². The fourth-order valence-electron chi connectivity index (χ4n) is 2.56. The van der Waals surface area contributed by atoms with E-state index in [1.165, 1.54) is 0 Å². The van der Waals surface area contributed by atoms with Gasteiger partial charge in [-0.25, -0.2) is 4.39 Å². The average Bonchev–Trinajstić information content (AvgIpc) is 2.45. The van der Waals surface area contributed by atoms with Gasteiger partial charge in [0.2, 0.25) is 0 Å². The zero-order valence-electron chi connectivity index (χ0n) is 11.4. The number of nitrogens with zero attached hydrogens (tertiary/aromatic N) is 1. The second-order valence-corrected chi connectivity index (χ2v) is 5.75. The van der Waals surface area contributed by atoms with Crippen LogP contribution in [0, 0.1) is 21.8 Å². The molecule has 21 heavy (non-hydrogen) atoms. The van der Waals surface area contributed by atoms with E-state index in [0.717, 1.165) is 43.9 Å². The molecule has 0 radical (unpaired) electrons. The van der Waals surface area contributed by atoms with Crippen molar-refractivity contribution in [1.29, 1.82) is 0 Å². The van der Waals surface area contributed by atoms with Gasteiger partial charge in [0.25, 0.3) is 11.6 Å². The number of nitro benzene ring substituents is 1. The molecule has 0 saturated heterocycles. The van der Waals surface area contributed by atoms with Crippen molar-refractivity contribution in [2.75, 3.05) is 6.54 Å². The zero-order chi connectivity index (χ0) is 15.4. The minimum absolute atomic E-state index is 0.00143. The van der Waals surface area contributed by atoms with Gasteiger partial charge in [-0.3, -0.25) is 14.9 Å². The molecular formula is C14H16ClFN2O3. The van der Waals surface area contributed by atoms with Gasteiger partial charge in [0, 0.05) is 18.0 Å². The molecule has 5 nitrogen and oxygen atoms in total. The lowest BCUT2D eigenvalue weighted by Crippen LogP contribution is -2.35. The molecule has 7 heteroatoms. The summed E-state index contributed by atoms with van der Waals surface area (Å²) in [5.41, 5.74) is -0.665. The normalized spacial score (nSPS) is 21.8. The molecule has 0 aliphatic heterocycles. The van der Waals surface area contributed by atoms with Gasteiger partial charge in [0.15, 0.2) is 0 Å². The third-order valence-corrected chi connectivity index (χ3v) is 4.32. The summed E-state index contributed by atoms with van der Waals surface area (Å²) in [7, 11) is 0. The molecule has 1 aromatic carbocycles. The molecule has 2 atom stereocenters. The van der Waals surface area contributed by atoms with Gasteiger partial charge < -0.3 is 5.32 Å². The van der Waals surface area contributed by atoms with Gasteiger partial charge in [0.1, 0.15) is 11.4 Å². The maximum absolute atomic E-state index is 13.2. The quantitative estimate of drug-likeness (QED) is 0.526. The lowest BCUT2D eigenvalue weighted by atomic mass is 9.88. The SMILES string of the molecule is O=C(NCC1CCCCC1Cl)c1cc(F)ccc1[N+](=O)[O-].